The van der Waals surface area contributed by atoms with E-state index >= 15 is 0 Å². The van der Waals surface area contributed by atoms with Crippen molar-refractivity contribution in [2.24, 2.45) is 0 Å². The largest absolute Gasteiger partial charge is 0.444 e. The number of ether oxygens (including phenoxy) is 1. The molecule has 1 aromatic rings. The van der Waals surface area contributed by atoms with E-state index in [4.69, 9.17) is 4.74 Å². The summed E-state index contributed by atoms with van der Waals surface area (Å²) in [5.41, 5.74) is 0.204. The van der Waals surface area contributed by atoms with Gasteiger partial charge in [0.05, 0.1) is 18.3 Å². The molecule has 0 aliphatic carbocycles. The average Bonchev–Trinajstić information content (AvgIpc) is 2.75. The third kappa shape index (κ3) is 3.24. The summed E-state index contributed by atoms with van der Waals surface area (Å²) in [7, 11) is 0. The van der Waals surface area contributed by atoms with Crippen LogP contribution in [-0.4, -0.2) is 44.1 Å². The molecule has 0 spiro atoms. The summed E-state index contributed by atoms with van der Waals surface area (Å²) in [4.78, 5) is 13.7. The van der Waals surface area contributed by atoms with E-state index in [1.165, 1.54) is 9.58 Å². The Labute approximate surface area is 139 Å². The summed E-state index contributed by atoms with van der Waals surface area (Å²) in [6, 6.07) is 0. The van der Waals surface area contributed by atoms with E-state index in [0.29, 0.717) is 24.2 Å². The highest BCUT2D eigenvalue weighted by Crippen LogP contribution is 2.40. The molecule has 6 nitrogen and oxygen atoms in total. The Morgan fingerprint density at radius 1 is 1.38 bits per heavy atom. The number of fused-ring (bicyclic) bond motifs is 3. The molecule has 0 fully saturated rings. The zero-order valence-corrected chi connectivity index (χ0v) is 14.2. The number of aromatic nitrogens is 2. The fourth-order valence-corrected chi connectivity index (χ4v) is 3.25. The fraction of sp³-hybridized carbons (Fsp3) is 0.750. The fourth-order valence-electron chi connectivity index (χ4n) is 3.25. The second-order valence-electron chi connectivity index (χ2n) is 7.50. The molecule has 1 amide bonds. The van der Waals surface area contributed by atoms with Gasteiger partial charge in [0.25, 0.3) is 5.92 Å². The minimum Gasteiger partial charge on any atom is -0.444 e. The van der Waals surface area contributed by atoms with E-state index in [9.17, 15) is 18.7 Å². The van der Waals surface area contributed by atoms with Gasteiger partial charge in [0, 0.05) is 31.5 Å². The van der Waals surface area contributed by atoms with Crippen LogP contribution in [0.4, 0.5) is 13.6 Å². The van der Waals surface area contributed by atoms with E-state index in [2.05, 4.69) is 5.10 Å². The lowest BCUT2D eigenvalue weighted by Crippen LogP contribution is -2.40. The van der Waals surface area contributed by atoms with Crippen molar-refractivity contribution in [2.75, 3.05) is 6.54 Å². The van der Waals surface area contributed by atoms with Crippen LogP contribution in [0.2, 0.25) is 0 Å². The second kappa shape index (κ2) is 5.68. The minimum absolute atomic E-state index is 0.0608. The number of aliphatic hydroxyl groups excluding tert-OH is 1. The van der Waals surface area contributed by atoms with Gasteiger partial charge in [0.15, 0.2) is 0 Å². The standard InChI is InChI=1S/C16H23F2N3O3/c1-15(2,3)24-14(23)20-6-5-12-11(9-20)13-16(17,18)8-10(22)4-7-21(13)19-12/h10,22H,4-9H2,1-3H3/t10-/m1/s1. The third-order valence-electron chi connectivity index (χ3n) is 4.27. The molecule has 1 aromatic heterocycles. The molecule has 2 aliphatic rings. The molecule has 0 bridgehead atoms. The van der Waals surface area contributed by atoms with Gasteiger partial charge in [0.1, 0.15) is 11.3 Å². The molecule has 0 radical (unpaired) electrons. The van der Waals surface area contributed by atoms with E-state index in [1.54, 1.807) is 20.8 Å². The molecular formula is C16H23F2N3O3. The Morgan fingerprint density at radius 2 is 2.08 bits per heavy atom. The average molecular weight is 343 g/mol. The zero-order valence-electron chi connectivity index (χ0n) is 14.2. The van der Waals surface area contributed by atoms with Gasteiger partial charge in [-0.1, -0.05) is 0 Å². The van der Waals surface area contributed by atoms with Crippen molar-refractivity contribution in [2.45, 2.75) is 70.8 Å². The Kier molecular flexibility index (Phi) is 4.06. The number of carbonyl (C=O) groups is 1. The number of amides is 1. The van der Waals surface area contributed by atoms with Crippen LogP contribution < -0.4 is 0 Å². The Bertz CT molecular complexity index is 652. The van der Waals surface area contributed by atoms with Gasteiger partial charge in [-0.05, 0) is 27.2 Å². The maximum atomic E-state index is 14.6. The van der Waals surface area contributed by atoms with E-state index < -0.39 is 30.1 Å². The topological polar surface area (TPSA) is 67.6 Å². The maximum absolute atomic E-state index is 14.6. The highest BCUT2D eigenvalue weighted by Gasteiger charge is 2.44. The normalized spacial score (nSPS) is 23.2. The Morgan fingerprint density at radius 3 is 2.75 bits per heavy atom. The van der Waals surface area contributed by atoms with Gasteiger partial charge < -0.3 is 14.7 Å². The van der Waals surface area contributed by atoms with Crippen molar-refractivity contribution in [3.8, 4) is 0 Å². The van der Waals surface area contributed by atoms with Crippen molar-refractivity contribution in [3.63, 3.8) is 0 Å². The Hall–Kier alpha value is -1.70. The lowest BCUT2D eigenvalue weighted by molar-refractivity contribution is -0.0511. The molecular weight excluding hydrogens is 320 g/mol. The highest BCUT2D eigenvalue weighted by atomic mass is 19.3. The molecule has 0 saturated carbocycles. The monoisotopic (exact) mass is 343 g/mol. The molecule has 0 saturated heterocycles. The number of hydrogen-bond donors (Lipinski definition) is 1. The number of alkyl halides is 2. The molecule has 8 heteroatoms. The predicted octanol–water partition coefficient (Wildman–Crippen LogP) is 2.42. The van der Waals surface area contributed by atoms with Gasteiger partial charge in [-0.15, -0.1) is 0 Å². The summed E-state index contributed by atoms with van der Waals surface area (Å²) in [5, 5.41) is 14.0. The summed E-state index contributed by atoms with van der Waals surface area (Å²) in [5.74, 6) is -3.16. The van der Waals surface area contributed by atoms with Gasteiger partial charge in [-0.3, -0.25) is 4.68 Å². The van der Waals surface area contributed by atoms with Crippen molar-refractivity contribution >= 4 is 6.09 Å². The molecule has 0 aromatic carbocycles. The number of aryl methyl sites for hydroxylation is 1. The molecule has 1 N–H and O–H groups in total. The molecule has 134 valence electrons. The summed E-state index contributed by atoms with van der Waals surface area (Å²) in [6.45, 7) is 6.01. The van der Waals surface area contributed by atoms with E-state index in [-0.39, 0.29) is 25.2 Å². The molecule has 3 rings (SSSR count). The first-order chi connectivity index (χ1) is 11.1. The van der Waals surface area contributed by atoms with Crippen LogP contribution in [0.1, 0.15) is 50.6 Å². The zero-order chi connectivity index (χ0) is 17.7. The van der Waals surface area contributed by atoms with Crippen LogP contribution in [0, 0.1) is 0 Å². The van der Waals surface area contributed by atoms with Crippen LogP contribution in [-0.2, 0) is 30.2 Å². The molecule has 2 aliphatic heterocycles. The van der Waals surface area contributed by atoms with Crippen molar-refractivity contribution in [1.29, 1.82) is 0 Å². The van der Waals surface area contributed by atoms with Crippen LogP contribution >= 0.6 is 0 Å². The molecule has 24 heavy (non-hydrogen) atoms. The number of halogens is 2. The lowest BCUT2D eigenvalue weighted by Gasteiger charge is -2.30. The number of nitrogens with zero attached hydrogens (tertiary/aromatic N) is 3. The number of carbonyl (C=O) groups excluding carboxylic acids is 1. The van der Waals surface area contributed by atoms with Gasteiger partial charge in [-0.25, -0.2) is 4.79 Å². The van der Waals surface area contributed by atoms with E-state index in [1.807, 2.05) is 0 Å². The second-order valence-corrected chi connectivity index (χ2v) is 7.50. The van der Waals surface area contributed by atoms with Crippen molar-refractivity contribution in [3.05, 3.63) is 17.0 Å². The molecule has 0 unspecified atom stereocenters. The maximum Gasteiger partial charge on any atom is 0.410 e. The first-order valence-corrected chi connectivity index (χ1v) is 8.20. The number of hydrogen-bond acceptors (Lipinski definition) is 4. The summed E-state index contributed by atoms with van der Waals surface area (Å²) in [6.07, 6.45) is -1.50. The van der Waals surface area contributed by atoms with Crippen molar-refractivity contribution in [1.82, 2.24) is 14.7 Å². The first kappa shape index (κ1) is 17.1. The quantitative estimate of drug-likeness (QED) is 0.786. The van der Waals surface area contributed by atoms with Crippen molar-refractivity contribution < 1.29 is 23.4 Å². The SMILES string of the molecule is CC(C)(C)OC(=O)N1CCc2nn3c(c2C1)C(F)(F)C[C@H](O)CC3. The summed E-state index contributed by atoms with van der Waals surface area (Å²) < 4.78 is 35.8. The van der Waals surface area contributed by atoms with Crippen LogP contribution in [0.25, 0.3) is 0 Å². The van der Waals surface area contributed by atoms with Crippen LogP contribution in [0.3, 0.4) is 0 Å². The van der Waals surface area contributed by atoms with Crippen LogP contribution in [0.15, 0.2) is 0 Å². The molecule has 3 heterocycles. The smallest absolute Gasteiger partial charge is 0.410 e. The highest BCUT2D eigenvalue weighted by molar-refractivity contribution is 5.68. The molecule has 1 atom stereocenters. The van der Waals surface area contributed by atoms with E-state index in [0.717, 1.165) is 0 Å². The predicted molar refractivity (Wildman–Crippen MR) is 81.7 cm³/mol. The van der Waals surface area contributed by atoms with Crippen LogP contribution in [0.5, 0.6) is 0 Å². The lowest BCUT2D eigenvalue weighted by atomic mass is 9.99. The number of aliphatic hydroxyl groups is 1. The van der Waals surface area contributed by atoms with Gasteiger partial charge >= 0.3 is 6.09 Å². The Balaban J connectivity index is 1.89. The summed E-state index contributed by atoms with van der Waals surface area (Å²) >= 11 is 0. The number of rotatable bonds is 0. The third-order valence-corrected chi connectivity index (χ3v) is 4.27. The van der Waals surface area contributed by atoms with Gasteiger partial charge in [0.2, 0.25) is 0 Å². The first-order valence-electron chi connectivity index (χ1n) is 8.20. The van der Waals surface area contributed by atoms with Gasteiger partial charge in [-0.2, -0.15) is 13.9 Å². The minimum atomic E-state index is -3.16.